The van der Waals surface area contributed by atoms with Crippen LogP contribution in [0.3, 0.4) is 0 Å². The molecule has 0 aromatic heterocycles. The molecular weight excluding hydrogens is 675 g/mol. The molecule has 0 spiro atoms. The average Bonchev–Trinajstić information content (AvgIpc) is 3.59. The fourth-order valence-corrected chi connectivity index (χ4v) is 8.76. The van der Waals surface area contributed by atoms with Gasteiger partial charge in [-0.2, -0.15) is 0 Å². The molecular formula is C55H39N. The fourth-order valence-electron chi connectivity index (χ4n) is 8.76. The van der Waals surface area contributed by atoms with E-state index in [0.717, 1.165) is 17.1 Å². The van der Waals surface area contributed by atoms with Crippen LogP contribution in [0.4, 0.5) is 17.1 Å². The van der Waals surface area contributed by atoms with Gasteiger partial charge in [0.05, 0.1) is 5.41 Å². The summed E-state index contributed by atoms with van der Waals surface area (Å²) >= 11 is 0. The van der Waals surface area contributed by atoms with Crippen LogP contribution in [0.2, 0.25) is 0 Å². The molecule has 0 saturated heterocycles. The summed E-state index contributed by atoms with van der Waals surface area (Å²) in [4.78, 5) is 2.38. The summed E-state index contributed by atoms with van der Waals surface area (Å²) in [5.74, 6) is 0. The number of benzene rings is 9. The fraction of sp³-hybridized carbons (Fsp3) is 0.0182. The number of nitrogens with zero attached hydrogens (tertiary/aromatic N) is 1. The first kappa shape index (κ1) is 33.4. The molecule has 0 saturated carbocycles. The highest BCUT2D eigenvalue weighted by atomic mass is 15.1. The van der Waals surface area contributed by atoms with Gasteiger partial charge >= 0.3 is 0 Å². The lowest BCUT2D eigenvalue weighted by Crippen LogP contribution is -2.28. The van der Waals surface area contributed by atoms with Crippen molar-refractivity contribution in [2.45, 2.75) is 5.41 Å². The Kier molecular flexibility index (Phi) is 8.46. The van der Waals surface area contributed by atoms with Crippen molar-refractivity contribution in [3.05, 3.63) is 259 Å². The molecule has 10 rings (SSSR count). The van der Waals surface area contributed by atoms with Crippen LogP contribution in [0.25, 0.3) is 44.5 Å². The van der Waals surface area contributed by atoms with Gasteiger partial charge in [-0.25, -0.2) is 0 Å². The zero-order valence-electron chi connectivity index (χ0n) is 31.0. The second kappa shape index (κ2) is 14.2. The van der Waals surface area contributed by atoms with E-state index in [4.69, 9.17) is 0 Å². The topological polar surface area (TPSA) is 3.24 Å². The van der Waals surface area contributed by atoms with Crippen molar-refractivity contribution in [3.8, 4) is 44.5 Å². The molecule has 1 heteroatoms. The van der Waals surface area contributed by atoms with Crippen LogP contribution in [-0.2, 0) is 5.41 Å². The highest BCUT2D eigenvalue weighted by Gasteiger charge is 2.45. The highest BCUT2D eigenvalue weighted by molar-refractivity contribution is 5.87. The second-order valence-electron chi connectivity index (χ2n) is 14.5. The monoisotopic (exact) mass is 713 g/mol. The number of hydrogen-bond acceptors (Lipinski definition) is 1. The summed E-state index contributed by atoms with van der Waals surface area (Å²) in [6.07, 6.45) is 0. The standard InChI is InChI=1S/C55H39N/c1-4-15-40(16-5-1)42-27-29-44(30-28-42)45-19-14-22-50(39-45)56(48-35-31-43(32-36-48)41-17-6-2-7-18-41)49-37-33-47(34-38-49)55(46-20-8-3-9-21-46)53-25-12-10-23-51(53)52-24-11-13-26-54(52)55/h1-39H. The molecule has 9 aromatic rings. The van der Waals surface area contributed by atoms with Gasteiger partial charge < -0.3 is 4.90 Å². The molecule has 56 heavy (non-hydrogen) atoms. The molecule has 1 nitrogen and oxygen atoms in total. The summed E-state index contributed by atoms with van der Waals surface area (Å²) in [7, 11) is 0. The van der Waals surface area contributed by atoms with Crippen molar-refractivity contribution in [2.24, 2.45) is 0 Å². The van der Waals surface area contributed by atoms with Gasteiger partial charge in [0.1, 0.15) is 0 Å². The van der Waals surface area contributed by atoms with E-state index in [2.05, 4.69) is 241 Å². The van der Waals surface area contributed by atoms with Crippen LogP contribution < -0.4 is 4.90 Å². The van der Waals surface area contributed by atoms with E-state index >= 15 is 0 Å². The quantitative estimate of drug-likeness (QED) is 0.152. The van der Waals surface area contributed by atoms with Gasteiger partial charge in [-0.05, 0) is 103 Å². The SMILES string of the molecule is c1ccc(-c2ccc(-c3cccc(N(c4ccc(-c5ccccc5)cc4)c4ccc(C5(c6ccccc6)c6ccccc6-c6ccccc65)cc4)c3)cc2)cc1. The maximum absolute atomic E-state index is 2.38. The number of rotatable bonds is 8. The van der Waals surface area contributed by atoms with Crippen molar-refractivity contribution in [1.82, 2.24) is 0 Å². The minimum atomic E-state index is -0.443. The first-order valence-electron chi connectivity index (χ1n) is 19.3. The number of hydrogen-bond donors (Lipinski definition) is 0. The molecule has 0 atom stereocenters. The molecule has 1 aliphatic carbocycles. The normalized spacial score (nSPS) is 12.4. The first-order chi connectivity index (χ1) is 27.8. The van der Waals surface area contributed by atoms with E-state index in [1.807, 2.05) is 0 Å². The Balaban J connectivity index is 1.10. The lowest BCUT2D eigenvalue weighted by Gasteiger charge is -2.34. The number of anilines is 3. The lowest BCUT2D eigenvalue weighted by molar-refractivity contribution is 0.768. The molecule has 264 valence electrons. The zero-order valence-corrected chi connectivity index (χ0v) is 31.0. The third kappa shape index (κ3) is 5.73. The third-order valence-corrected chi connectivity index (χ3v) is 11.4. The van der Waals surface area contributed by atoms with Crippen molar-refractivity contribution in [3.63, 3.8) is 0 Å². The number of fused-ring (bicyclic) bond motifs is 3. The van der Waals surface area contributed by atoms with Gasteiger partial charge in [0.2, 0.25) is 0 Å². The average molecular weight is 714 g/mol. The van der Waals surface area contributed by atoms with Crippen molar-refractivity contribution < 1.29 is 0 Å². The molecule has 0 unspecified atom stereocenters. The Morgan fingerprint density at radius 1 is 0.250 bits per heavy atom. The van der Waals surface area contributed by atoms with Crippen LogP contribution >= 0.6 is 0 Å². The van der Waals surface area contributed by atoms with Gasteiger partial charge in [-0.3, -0.25) is 0 Å². The van der Waals surface area contributed by atoms with Crippen molar-refractivity contribution in [2.75, 3.05) is 4.90 Å². The molecule has 0 heterocycles. The molecule has 1 aliphatic rings. The molecule has 0 amide bonds. The summed E-state index contributed by atoms with van der Waals surface area (Å²) < 4.78 is 0. The van der Waals surface area contributed by atoms with Gasteiger partial charge in [0.25, 0.3) is 0 Å². The van der Waals surface area contributed by atoms with Crippen molar-refractivity contribution >= 4 is 17.1 Å². The lowest BCUT2D eigenvalue weighted by atomic mass is 9.68. The van der Waals surface area contributed by atoms with Crippen LogP contribution in [0.5, 0.6) is 0 Å². The molecule has 0 aliphatic heterocycles. The molecule has 0 fully saturated rings. The van der Waals surface area contributed by atoms with Crippen LogP contribution in [0.1, 0.15) is 22.3 Å². The van der Waals surface area contributed by atoms with E-state index < -0.39 is 5.41 Å². The second-order valence-corrected chi connectivity index (χ2v) is 14.5. The van der Waals surface area contributed by atoms with E-state index in [0.29, 0.717) is 0 Å². The van der Waals surface area contributed by atoms with Gasteiger partial charge in [0.15, 0.2) is 0 Å². The summed E-state index contributed by atoms with van der Waals surface area (Å²) in [5.41, 5.74) is 17.8. The zero-order chi connectivity index (χ0) is 37.3. The molecule has 9 aromatic carbocycles. The first-order valence-corrected chi connectivity index (χ1v) is 19.3. The Morgan fingerprint density at radius 2 is 0.625 bits per heavy atom. The summed E-state index contributed by atoms with van der Waals surface area (Å²) in [6.45, 7) is 0. The van der Waals surface area contributed by atoms with E-state index in [-0.39, 0.29) is 0 Å². The minimum absolute atomic E-state index is 0.443. The maximum atomic E-state index is 2.38. The third-order valence-electron chi connectivity index (χ3n) is 11.4. The Morgan fingerprint density at radius 3 is 1.16 bits per heavy atom. The predicted molar refractivity (Wildman–Crippen MR) is 235 cm³/mol. The molecule has 0 radical (unpaired) electrons. The molecule has 0 N–H and O–H groups in total. The smallest absolute Gasteiger partial charge is 0.0713 e. The largest absolute Gasteiger partial charge is 0.310 e. The summed E-state index contributed by atoms with van der Waals surface area (Å²) in [5, 5.41) is 0. The van der Waals surface area contributed by atoms with Crippen molar-refractivity contribution in [1.29, 1.82) is 0 Å². The van der Waals surface area contributed by atoms with E-state index in [9.17, 15) is 0 Å². The van der Waals surface area contributed by atoms with Crippen LogP contribution in [0, 0.1) is 0 Å². The Bertz CT molecular complexity index is 2710. The maximum Gasteiger partial charge on any atom is 0.0713 e. The van der Waals surface area contributed by atoms with Crippen LogP contribution in [0.15, 0.2) is 237 Å². The summed E-state index contributed by atoms with van der Waals surface area (Å²) in [6, 6.07) is 86.1. The van der Waals surface area contributed by atoms with E-state index in [1.165, 1.54) is 66.8 Å². The van der Waals surface area contributed by atoms with Gasteiger partial charge in [0, 0.05) is 17.1 Å². The van der Waals surface area contributed by atoms with E-state index in [1.54, 1.807) is 0 Å². The van der Waals surface area contributed by atoms with Gasteiger partial charge in [-0.1, -0.05) is 200 Å². The predicted octanol–water partition coefficient (Wildman–Crippen LogP) is 14.5. The van der Waals surface area contributed by atoms with Crippen LogP contribution in [-0.4, -0.2) is 0 Å². The molecule has 0 bridgehead atoms. The Labute approximate surface area is 329 Å². The van der Waals surface area contributed by atoms with Gasteiger partial charge in [-0.15, -0.1) is 0 Å². The highest BCUT2D eigenvalue weighted by Crippen LogP contribution is 2.56. The minimum Gasteiger partial charge on any atom is -0.310 e. The Hall–Kier alpha value is -7.22.